The first kappa shape index (κ1) is 33.0. The van der Waals surface area contributed by atoms with Crippen LogP contribution in [0.25, 0.3) is 0 Å². The standard InChI is InChI=1S/C33H68/c1-5-9-13-15-17-19-21-25-29-32(27-23-11-7-3)31-33(28-24-12-8-4)30-26-22-20-18-16-14-10-6-2/h32-33H,5-31H2,1-4H3. The highest BCUT2D eigenvalue weighted by Gasteiger charge is 2.16. The average Bonchev–Trinajstić information content (AvgIpc) is 2.82. The van der Waals surface area contributed by atoms with E-state index in [1.54, 1.807) is 6.42 Å². The highest BCUT2D eigenvalue weighted by Crippen LogP contribution is 2.31. The van der Waals surface area contributed by atoms with Crippen molar-refractivity contribution < 1.29 is 0 Å². The largest absolute Gasteiger partial charge is 0.0654 e. The normalized spacial score (nSPS) is 13.5. The van der Waals surface area contributed by atoms with Gasteiger partial charge in [0.15, 0.2) is 0 Å². The molecule has 0 rings (SSSR count). The average molecular weight is 465 g/mol. The monoisotopic (exact) mass is 465 g/mol. The smallest absolute Gasteiger partial charge is 0.0412 e. The van der Waals surface area contributed by atoms with E-state index in [0.29, 0.717) is 0 Å². The maximum Gasteiger partial charge on any atom is -0.0412 e. The molecule has 2 atom stereocenters. The van der Waals surface area contributed by atoms with Gasteiger partial charge in [0.2, 0.25) is 0 Å². The third kappa shape index (κ3) is 24.9. The van der Waals surface area contributed by atoms with E-state index in [2.05, 4.69) is 27.7 Å². The second kappa shape index (κ2) is 28.2. The van der Waals surface area contributed by atoms with Crippen LogP contribution in [0.15, 0.2) is 0 Å². The lowest BCUT2D eigenvalue weighted by Gasteiger charge is -2.24. The van der Waals surface area contributed by atoms with E-state index in [1.807, 2.05) is 0 Å². The van der Waals surface area contributed by atoms with Gasteiger partial charge in [-0.3, -0.25) is 0 Å². The molecule has 0 bridgehead atoms. The molecule has 200 valence electrons. The van der Waals surface area contributed by atoms with Gasteiger partial charge in [-0.1, -0.05) is 195 Å². The minimum absolute atomic E-state index is 1.03. The molecule has 0 fully saturated rings. The van der Waals surface area contributed by atoms with Crippen molar-refractivity contribution in [1.82, 2.24) is 0 Å². The molecule has 0 aliphatic carbocycles. The van der Waals surface area contributed by atoms with Gasteiger partial charge in [-0.05, 0) is 18.3 Å². The van der Waals surface area contributed by atoms with Crippen molar-refractivity contribution in [3.63, 3.8) is 0 Å². The second-order valence-electron chi connectivity index (χ2n) is 11.5. The summed E-state index contributed by atoms with van der Waals surface area (Å²) >= 11 is 0. The Bertz CT molecular complexity index is 301. The molecule has 0 aliphatic heterocycles. The van der Waals surface area contributed by atoms with Crippen LogP contribution in [0.3, 0.4) is 0 Å². The Kier molecular flexibility index (Phi) is 28.2. The number of hydrogen-bond donors (Lipinski definition) is 0. The fourth-order valence-corrected chi connectivity index (χ4v) is 5.73. The minimum Gasteiger partial charge on any atom is -0.0654 e. The molecule has 0 saturated carbocycles. The molecule has 0 aromatic rings. The lowest BCUT2D eigenvalue weighted by Crippen LogP contribution is -2.10. The summed E-state index contributed by atoms with van der Waals surface area (Å²) in [6, 6.07) is 0. The molecule has 0 radical (unpaired) electrons. The molecule has 2 unspecified atom stereocenters. The Morgan fingerprint density at radius 1 is 0.273 bits per heavy atom. The van der Waals surface area contributed by atoms with E-state index in [4.69, 9.17) is 0 Å². The van der Waals surface area contributed by atoms with Gasteiger partial charge in [0.05, 0.1) is 0 Å². The molecule has 0 spiro atoms. The van der Waals surface area contributed by atoms with Gasteiger partial charge in [-0.2, -0.15) is 0 Å². The van der Waals surface area contributed by atoms with E-state index in [1.165, 1.54) is 167 Å². The van der Waals surface area contributed by atoms with Crippen LogP contribution in [0, 0.1) is 11.8 Å². The Hall–Kier alpha value is 0. The van der Waals surface area contributed by atoms with Crippen LogP contribution in [0.2, 0.25) is 0 Å². The van der Waals surface area contributed by atoms with E-state index in [0.717, 1.165) is 11.8 Å². The van der Waals surface area contributed by atoms with Gasteiger partial charge in [0.1, 0.15) is 0 Å². The fraction of sp³-hybridized carbons (Fsp3) is 1.00. The summed E-state index contributed by atoms with van der Waals surface area (Å²) in [5.41, 5.74) is 0. The van der Waals surface area contributed by atoms with Crippen molar-refractivity contribution in [2.24, 2.45) is 11.8 Å². The molecule has 0 heterocycles. The van der Waals surface area contributed by atoms with E-state index in [-0.39, 0.29) is 0 Å². The Labute approximate surface area is 212 Å². The Balaban J connectivity index is 4.31. The predicted molar refractivity (Wildman–Crippen MR) is 154 cm³/mol. The maximum absolute atomic E-state index is 2.36. The second-order valence-corrected chi connectivity index (χ2v) is 11.5. The van der Waals surface area contributed by atoms with Crippen LogP contribution < -0.4 is 0 Å². The van der Waals surface area contributed by atoms with Crippen molar-refractivity contribution in [1.29, 1.82) is 0 Å². The van der Waals surface area contributed by atoms with Gasteiger partial charge >= 0.3 is 0 Å². The van der Waals surface area contributed by atoms with Crippen molar-refractivity contribution in [2.75, 3.05) is 0 Å². The molecule has 0 aromatic heterocycles. The van der Waals surface area contributed by atoms with Crippen molar-refractivity contribution in [2.45, 2.75) is 201 Å². The molecule has 0 aromatic carbocycles. The topological polar surface area (TPSA) is 0 Å². The summed E-state index contributed by atoms with van der Waals surface area (Å²) < 4.78 is 0. The quantitative estimate of drug-likeness (QED) is 0.101. The molecule has 0 amide bonds. The zero-order valence-corrected chi connectivity index (χ0v) is 24.2. The molecule has 0 nitrogen and oxygen atoms in total. The molecule has 0 N–H and O–H groups in total. The van der Waals surface area contributed by atoms with Gasteiger partial charge in [-0.25, -0.2) is 0 Å². The number of unbranched alkanes of at least 4 members (excludes halogenated alkanes) is 18. The van der Waals surface area contributed by atoms with Crippen LogP contribution in [0.5, 0.6) is 0 Å². The van der Waals surface area contributed by atoms with Crippen LogP contribution in [0.4, 0.5) is 0 Å². The summed E-state index contributed by atoms with van der Waals surface area (Å²) in [6.07, 6.45) is 39.7. The van der Waals surface area contributed by atoms with Crippen LogP contribution in [-0.2, 0) is 0 Å². The van der Waals surface area contributed by atoms with Crippen molar-refractivity contribution in [3.8, 4) is 0 Å². The summed E-state index contributed by atoms with van der Waals surface area (Å²) in [5, 5.41) is 0. The first-order chi connectivity index (χ1) is 16.3. The number of rotatable bonds is 28. The Morgan fingerprint density at radius 3 is 0.788 bits per heavy atom. The highest BCUT2D eigenvalue weighted by atomic mass is 14.2. The SMILES string of the molecule is CCCCCCCCCCC(CCCCC)CC(CCCCC)CCCCCCCCCC. The Morgan fingerprint density at radius 2 is 0.485 bits per heavy atom. The van der Waals surface area contributed by atoms with Gasteiger partial charge < -0.3 is 0 Å². The molecule has 33 heavy (non-hydrogen) atoms. The first-order valence-corrected chi connectivity index (χ1v) is 16.3. The molecule has 0 aliphatic rings. The summed E-state index contributed by atoms with van der Waals surface area (Å²) in [4.78, 5) is 0. The third-order valence-corrected chi connectivity index (χ3v) is 8.03. The summed E-state index contributed by atoms with van der Waals surface area (Å²) in [7, 11) is 0. The maximum atomic E-state index is 2.36. The summed E-state index contributed by atoms with van der Waals surface area (Å²) in [5.74, 6) is 2.05. The van der Waals surface area contributed by atoms with Gasteiger partial charge in [0.25, 0.3) is 0 Å². The fourth-order valence-electron chi connectivity index (χ4n) is 5.73. The first-order valence-electron chi connectivity index (χ1n) is 16.3. The van der Waals surface area contributed by atoms with Gasteiger partial charge in [0, 0.05) is 0 Å². The zero-order valence-electron chi connectivity index (χ0n) is 24.2. The lowest BCUT2D eigenvalue weighted by atomic mass is 9.82. The van der Waals surface area contributed by atoms with E-state index < -0.39 is 0 Å². The molecular weight excluding hydrogens is 396 g/mol. The van der Waals surface area contributed by atoms with Crippen LogP contribution >= 0.6 is 0 Å². The highest BCUT2D eigenvalue weighted by molar-refractivity contribution is 4.69. The van der Waals surface area contributed by atoms with Crippen molar-refractivity contribution >= 4 is 0 Å². The zero-order chi connectivity index (χ0) is 24.2. The van der Waals surface area contributed by atoms with E-state index in [9.17, 15) is 0 Å². The summed E-state index contributed by atoms with van der Waals surface area (Å²) in [6.45, 7) is 9.37. The molecular formula is C33H68. The van der Waals surface area contributed by atoms with Crippen LogP contribution in [-0.4, -0.2) is 0 Å². The lowest BCUT2D eigenvalue weighted by molar-refractivity contribution is 0.283. The molecule has 0 saturated heterocycles. The molecule has 0 heteroatoms. The van der Waals surface area contributed by atoms with Crippen LogP contribution in [0.1, 0.15) is 201 Å². The van der Waals surface area contributed by atoms with Gasteiger partial charge in [-0.15, -0.1) is 0 Å². The predicted octanol–water partition coefficient (Wildman–Crippen LogP) is 12.8. The minimum atomic E-state index is 1.03. The number of hydrogen-bond acceptors (Lipinski definition) is 0. The van der Waals surface area contributed by atoms with E-state index >= 15 is 0 Å². The third-order valence-electron chi connectivity index (χ3n) is 8.03. The van der Waals surface area contributed by atoms with Crippen molar-refractivity contribution in [3.05, 3.63) is 0 Å².